The fourth-order valence-corrected chi connectivity index (χ4v) is 2.97. The van der Waals surface area contributed by atoms with Crippen LogP contribution in [0.2, 0.25) is 5.02 Å². The molecule has 1 heterocycles. The van der Waals surface area contributed by atoms with E-state index < -0.39 is 0 Å². The highest BCUT2D eigenvalue weighted by atomic mass is 35.5. The van der Waals surface area contributed by atoms with E-state index in [1.807, 2.05) is 0 Å². The van der Waals surface area contributed by atoms with Crippen molar-refractivity contribution in [3.63, 3.8) is 0 Å². The van der Waals surface area contributed by atoms with Gasteiger partial charge in [-0.2, -0.15) is 0 Å². The molecule has 1 N–H and O–H groups in total. The molecule has 1 aromatic rings. The van der Waals surface area contributed by atoms with Gasteiger partial charge >= 0.3 is 0 Å². The van der Waals surface area contributed by atoms with E-state index in [2.05, 4.69) is 12.2 Å². The minimum atomic E-state index is -0.205. The van der Waals surface area contributed by atoms with E-state index in [1.165, 1.54) is 6.07 Å². The molecule has 0 saturated carbocycles. The first-order valence-corrected chi connectivity index (χ1v) is 7.82. The molecule has 0 aromatic heterocycles. The molecule has 1 fully saturated rings. The van der Waals surface area contributed by atoms with Gasteiger partial charge < -0.3 is 10.1 Å². The van der Waals surface area contributed by atoms with Crippen LogP contribution >= 0.6 is 11.6 Å². The van der Waals surface area contributed by atoms with E-state index in [0.29, 0.717) is 22.9 Å². The van der Waals surface area contributed by atoms with Gasteiger partial charge in [-0.1, -0.05) is 24.6 Å². The van der Waals surface area contributed by atoms with Gasteiger partial charge in [0.15, 0.2) is 0 Å². The van der Waals surface area contributed by atoms with Crippen LogP contribution in [0.1, 0.15) is 31.7 Å². The van der Waals surface area contributed by atoms with E-state index in [1.54, 1.807) is 12.1 Å². The van der Waals surface area contributed by atoms with Crippen LogP contribution in [0.25, 0.3) is 0 Å². The summed E-state index contributed by atoms with van der Waals surface area (Å²) in [6, 6.07) is 5.16. The minimum Gasteiger partial charge on any atom is -0.381 e. The van der Waals surface area contributed by atoms with Crippen molar-refractivity contribution in [2.45, 2.75) is 38.6 Å². The number of halogens is 2. The Morgan fingerprint density at radius 3 is 3.00 bits per heavy atom. The van der Waals surface area contributed by atoms with Crippen LogP contribution in [0, 0.1) is 11.7 Å². The number of hydrogen-bond acceptors (Lipinski definition) is 2. The number of ether oxygens (including phenoxy) is 1. The second kappa shape index (κ2) is 7.96. The van der Waals surface area contributed by atoms with Gasteiger partial charge in [0.25, 0.3) is 0 Å². The maximum Gasteiger partial charge on any atom is 0.127 e. The second-order valence-corrected chi connectivity index (χ2v) is 5.93. The van der Waals surface area contributed by atoms with Gasteiger partial charge in [-0.15, -0.1) is 0 Å². The lowest BCUT2D eigenvalue weighted by molar-refractivity contribution is 0.181. The van der Waals surface area contributed by atoms with Crippen molar-refractivity contribution in [1.82, 2.24) is 5.32 Å². The standard InChI is InChI=1S/C16H23ClFNO/c1-2-7-19-13(9-12-6-8-20-11-12)10-14-15(17)4-3-5-16(14)18/h3-5,12-13,19H,2,6-11H2,1H3. The predicted octanol–water partition coefficient (Wildman–Crippen LogP) is 3.82. The molecule has 2 unspecified atom stereocenters. The molecule has 20 heavy (non-hydrogen) atoms. The van der Waals surface area contributed by atoms with Gasteiger partial charge in [-0.25, -0.2) is 4.39 Å². The lowest BCUT2D eigenvalue weighted by atomic mass is 9.94. The van der Waals surface area contributed by atoms with Crippen molar-refractivity contribution in [2.24, 2.45) is 5.92 Å². The summed E-state index contributed by atoms with van der Waals surface area (Å²) in [6.07, 6.45) is 3.84. The summed E-state index contributed by atoms with van der Waals surface area (Å²) in [6.45, 7) is 4.77. The summed E-state index contributed by atoms with van der Waals surface area (Å²) in [5.41, 5.74) is 0.627. The maximum absolute atomic E-state index is 13.9. The van der Waals surface area contributed by atoms with Gasteiger partial charge in [-0.3, -0.25) is 0 Å². The Morgan fingerprint density at radius 1 is 1.50 bits per heavy atom. The van der Waals surface area contributed by atoms with Crippen LogP contribution in [-0.2, 0) is 11.2 Å². The van der Waals surface area contributed by atoms with Gasteiger partial charge in [0.1, 0.15) is 5.82 Å². The third kappa shape index (κ3) is 4.44. The first-order chi connectivity index (χ1) is 9.70. The van der Waals surface area contributed by atoms with Crippen molar-refractivity contribution in [1.29, 1.82) is 0 Å². The second-order valence-electron chi connectivity index (χ2n) is 5.52. The monoisotopic (exact) mass is 299 g/mol. The van der Waals surface area contributed by atoms with Gasteiger partial charge in [-0.05, 0) is 50.3 Å². The van der Waals surface area contributed by atoms with E-state index in [0.717, 1.165) is 39.0 Å². The first kappa shape index (κ1) is 15.7. The largest absolute Gasteiger partial charge is 0.381 e. The molecule has 0 spiro atoms. The molecule has 0 aliphatic carbocycles. The summed E-state index contributed by atoms with van der Waals surface area (Å²) < 4.78 is 19.3. The normalized spacial score (nSPS) is 20.2. The number of hydrogen-bond donors (Lipinski definition) is 1. The molecule has 2 rings (SSSR count). The maximum atomic E-state index is 13.9. The molecule has 4 heteroatoms. The molecule has 0 radical (unpaired) electrons. The van der Waals surface area contributed by atoms with Crippen LogP contribution in [0.15, 0.2) is 18.2 Å². The third-order valence-electron chi connectivity index (χ3n) is 3.84. The smallest absolute Gasteiger partial charge is 0.127 e. The molecule has 1 saturated heterocycles. The Bertz CT molecular complexity index is 401. The fourth-order valence-electron chi connectivity index (χ4n) is 2.73. The van der Waals surface area contributed by atoms with Crippen molar-refractivity contribution >= 4 is 11.6 Å². The third-order valence-corrected chi connectivity index (χ3v) is 4.19. The zero-order valence-electron chi connectivity index (χ0n) is 12.0. The molecule has 112 valence electrons. The average molecular weight is 300 g/mol. The lowest BCUT2D eigenvalue weighted by Crippen LogP contribution is -2.34. The van der Waals surface area contributed by atoms with Gasteiger partial charge in [0.05, 0.1) is 0 Å². The predicted molar refractivity (Wildman–Crippen MR) is 80.7 cm³/mol. The molecule has 0 bridgehead atoms. The van der Waals surface area contributed by atoms with Crippen LogP contribution in [0.4, 0.5) is 4.39 Å². The van der Waals surface area contributed by atoms with Crippen molar-refractivity contribution in [3.05, 3.63) is 34.6 Å². The molecule has 2 nitrogen and oxygen atoms in total. The van der Waals surface area contributed by atoms with Crippen LogP contribution in [-0.4, -0.2) is 25.8 Å². The van der Waals surface area contributed by atoms with E-state index in [4.69, 9.17) is 16.3 Å². The quantitative estimate of drug-likeness (QED) is 0.826. The molecule has 1 aliphatic heterocycles. The number of benzene rings is 1. The van der Waals surface area contributed by atoms with E-state index >= 15 is 0 Å². The highest BCUT2D eigenvalue weighted by Crippen LogP contribution is 2.24. The van der Waals surface area contributed by atoms with Crippen LogP contribution in [0.5, 0.6) is 0 Å². The fraction of sp³-hybridized carbons (Fsp3) is 0.625. The Kier molecular flexibility index (Phi) is 6.27. The SMILES string of the molecule is CCCNC(Cc1c(F)cccc1Cl)CC1CCOC1. The highest BCUT2D eigenvalue weighted by Gasteiger charge is 2.22. The minimum absolute atomic E-state index is 0.205. The molecule has 1 aliphatic rings. The Morgan fingerprint density at radius 2 is 2.35 bits per heavy atom. The lowest BCUT2D eigenvalue weighted by Gasteiger charge is -2.22. The molecular formula is C16H23ClFNO. The summed E-state index contributed by atoms with van der Waals surface area (Å²) in [4.78, 5) is 0. The summed E-state index contributed by atoms with van der Waals surface area (Å²) in [5, 5.41) is 4.04. The van der Waals surface area contributed by atoms with E-state index in [9.17, 15) is 4.39 Å². The molecule has 1 aromatic carbocycles. The Labute approximate surface area is 125 Å². The molecular weight excluding hydrogens is 277 g/mol. The summed E-state index contributed by atoms with van der Waals surface area (Å²) in [5.74, 6) is 0.373. The van der Waals surface area contributed by atoms with Crippen LogP contribution < -0.4 is 5.32 Å². The highest BCUT2D eigenvalue weighted by molar-refractivity contribution is 6.31. The number of rotatable bonds is 7. The first-order valence-electron chi connectivity index (χ1n) is 7.44. The zero-order valence-corrected chi connectivity index (χ0v) is 12.8. The number of nitrogens with one attached hydrogen (secondary N) is 1. The zero-order chi connectivity index (χ0) is 14.4. The van der Waals surface area contributed by atoms with Crippen LogP contribution in [0.3, 0.4) is 0 Å². The average Bonchev–Trinajstić information content (AvgIpc) is 2.93. The summed E-state index contributed by atoms with van der Waals surface area (Å²) >= 11 is 6.13. The van der Waals surface area contributed by atoms with Gasteiger partial charge in [0.2, 0.25) is 0 Å². The topological polar surface area (TPSA) is 21.3 Å². The molecule has 2 atom stereocenters. The van der Waals surface area contributed by atoms with Crippen molar-refractivity contribution in [3.8, 4) is 0 Å². The van der Waals surface area contributed by atoms with Crippen molar-refractivity contribution < 1.29 is 9.13 Å². The van der Waals surface area contributed by atoms with E-state index in [-0.39, 0.29) is 11.9 Å². The van der Waals surface area contributed by atoms with Crippen molar-refractivity contribution in [2.75, 3.05) is 19.8 Å². The Balaban J connectivity index is 2.01. The van der Waals surface area contributed by atoms with Gasteiger partial charge in [0, 0.05) is 29.8 Å². The Hall–Kier alpha value is -0.640. The molecule has 0 amide bonds. The summed E-state index contributed by atoms with van der Waals surface area (Å²) in [7, 11) is 0.